The zero-order valence-electron chi connectivity index (χ0n) is 12.7. The van der Waals surface area contributed by atoms with Crippen molar-refractivity contribution in [3.05, 3.63) is 63.6 Å². The number of amides is 1. The van der Waals surface area contributed by atoms with Crippen molar-refractivity contribution in [3.63, 3.8) is 0 Å². The van der Waals surface area contributed by atoms with Gasteiger partial charge in [-0.15, -0.1) is 0 Å². The summed E-state index contributed by atoms with van der Waals surface area (Å²) in [5.41, 5.74) is 1.37. The molecule has 0 aliphatic carbocycles. The predicted molar refractivity (Wildman–Crippen MR) is 83.7 cm³/mol. The van der Waals surface area contributed by atoms with Crippen molar-refractivity contribution in [1.82, 2.24) is 4.73 Å². The van der Waals surface area contributed by atoms with Gasteiger partial charge in [0.15, 0.2) is 6.61 Å². The monoisotopic (exact) mass is 316 g/mol. The number of carbonyl (C=O) groups is 2. The van der Waals surface area contributed by atoms with E-state index in [0.717, 1.165) is 15.9 Å². The van der Waals surface area contributed by atoms with Crippen molar-refractivity contribution in [2.24, 2.45) is 0 Å². The Morgan fingerprint density at radius 2 is 2.00 bits per heavy atom. The Balaban J connectivity index is 2.04. The average molecular weight is 316 g/mol. The van der Waals surface area contributed by atoms with Crippen molar-refractivity contribution in [2.75, 3.05) is 11.9 Å². The molecular weight excluding hydrogens is 300 g/mol. The second-order valence-electron chi connectivity index (χ2n) is 5.00. The van der Waals surface area contributed by atoms with Gasteiger partial charge in [-0.2, -0.15) is 4.73 Å². The van der Waals surface area contributed by atoms with Gasteiger partial charge in [-0.25, -0.2) is 4.79 Å². The molecule has 2 N–H and O–H groups in total. The molecule has 7 heteroatoms. The number of carbonyl (C=O) groups excluding carboxylic acids is 1. The molecule has 2 aromatic rings. The molecule has 0 bridgehead atoms. The molecule has 0 radical (unpaired) electrons. The minimum absolute atomic E-state index is 0.420. The summed E-state index contributed by atoms with van der Waals surface area (Å²) in [4.78, 5) is 39.6. The third kappa shape index (κ3) is 3.97. The minimum atomic E-state index is -1.35. The lowest BCUT2D eigenvalue weighted by atomic mass is 10.1. The molecule has 0 atom stereocenters. The Morgan fingerprint density at radius 1 is 1.26 bits per heavy atom. The first-order chi connectivity index (χ1) is 10.9. The number of carboxylic acid groups (broad SMARTS) is 1. The highest BCUT2D eigenvalue weighted by Crippen LogP contribution is 2.15. The predicted octanol–water partition coefficient (Wildman–Crippen LogP) is 1.23. The molecule has 0 saturated heterocycles. The highest BCUT2D eigenvalue weighted by molar-refractivity contribution is 5.92. The van der Waals surface area contributed by atoms with E-state index in [1.54, 1.807) is 6.07 Å². The van der Waals surface area contributed by atoms with Crippen LogP contribution in [0.25, 0.3) is 0 Å². The molecule has 0 spiro atoms. The van der Waals surface area contributed by atoms with E-state index in [4.69, 9.17) is 9.94 Å². The molecule has 23 heavy (non-hydrogen) atoms. The lowest BCUT2D eigenvalue weighted by Gasteiger charge is -2.11. The fourth-order valence-electron chi connectivity index (χ4n) is 2.01. The standard InChI is InChI=1S/C16H16N2O5/c1-10-5-6-13(11(2)8-10)17-14(19)9-23-18-7-3-4-12(15(18)20)16(21)22/h3-8H,9H2,1-2H3,(H,17,19)(H,21,22). The van der Waals surface area contributed by atoms with Gasteiger partial charge in [0.25, 0.3) is 11.5 Å². The maximum absolute atomic E-state index is 11.9. The summed E-state index contributed by atoms with van der Waals surface area (Å²) in [6, 6.07) is 8.09. The van der Waals surface area contributed by atoms with E-state index in [2.05, 4.69) is 5.32 Å². The Labute approximate surface area is 132 Å². The molecular formula is C16H16N2O5. The third-order valence-corrected chi connectivity index (χ3v) is 3.14. The van der Waals surface area contributed by atoms with Crippen molar-refractivity contribution < 1.29 is 19.5 Å². The van der Waals surface area contributed by atoms with Crippen LogP contribution in [-0.4, -0.2) is 28.3 Å². The fraction of sp³-hybridized carbons (Fsp3) is 0.188. The number of pyridine rings is 1. The molecule has 1 aromatic carbocycles. The van der Waals surface area contributed by atoms with Crippen LogP contribution in [0.4, 0.5) is 5.69 Å². The second-order valence-corrected chi connectivity index (χ2v) is 5.00. The number of aromatic carboxylic acids is 1. The van der Waals surface area contributed by atoms with Crippen molar-refractivity contribution in [2.45, 2.75) is 13.8 Å². The Kier molecular flexibility index (Phi) is 4.80. The fourth-order valence-corrected chi connectivity index (χ4v) is 2.01. The first-order valence-electron chi connectivity index (χ1n) is 6.84. The number of hydrogen-bond acceptors (Lipinski definition) is 4. The summed E-state index contributed by atoms with van der Waals surface area (Å²) in [5, 5.41) is 11.5. The summed E-state index contributed by atoms with van der Waals surface area (Å²) >= 11 is 0. The average Bonchev–Trinajstić information content (AvgIpc) is 2.49. The van der Waals surface area contributed by atoms with Crippen LogP contribution in [0.5, 0.6) is 0 Å². The number of anilines is 1. The van der Waals surface area contributed by atoms with E-state index >= 15 is 0 Å². The quantitative estimate of drug-likeness (QED) is 0.864. The van der Waals surface area contributed by atoms with Crippen LogP contribution < -0.4 is 15.7 Å². The molecule has 0 saturated carbocycles. The molecule has 1 heterocycles. The van der Waals surface area contributed by atoms with E-state index in [0.29, 0.717) is 5.69 Å². The molecule has 1 amide bonds. The zero-order chi connectivity index (χ0) is 17.0. The van der Waals surface area contributed by atoms with Gasteiger partial charge >= 0.3 is 5.97 Å². The van der Waals surface area contributed by atoms with E-state index < -0.39 is 29.6 Å². The van der Waals surface area contributed by atoms with Gasteiger partial charge < -0.3 is 15.3 Å². The first-order valence-corrected chi connectivity index (χ1v) is 6.84. The van der Waals surface area contributed by atoms with Gasteiger partial charge in [0.2, 0.25) is 0 Å². The van der Waals surface area contributed by atoms with E-state index in [-0.39, 0.29) is 0 Å². The smallest absolute Gasteiger partial charge is 0.341 e. The lowest BCUT2D eigenvalue weighted by molar-refractivity contribution is -0.120. The van der Waals surface area contributed by atoms with E-state index in [1.807, 2.05) is 26.0 Å². The van der Waals surface area contributed by atoms with Gasteiger partial charge in [-0.05, 0) is 37.6 Å². The first kappa shape index (κ1) is 16.3. The number of aryl methyl sites for hydroxylation is 2. The summed E-state index contributed by atoms with van der Waals surface area (Å²) in [6.07, 6.45) is 1.25. The zero-order valence-corrected chi connectivity index (χ0v) is 12.7. The summed E-state index contributed by atoms with van der Waals surface area (Å²) < 4.78 is 0.727. The van der Waals surface area contributed by atoms with E-state index in [1.165, 1.54) is 18.3 Å². The van der Waals surface area contributed by atoms with Gasteiger partial charge in [0, 0.05) is 11.9 Å². The van der Waals surface area contributed by atoms with Gasteiger partial charge in [0.05, 0.1) is 0 Å². The van der Waals surface area contributed by atoms with Gasteiger partial charge in [-0.1, -0.05) is 17.7 Å². The van der Waals surface area contributed by atoms with Crippen LogP contribution in [-0.2, 0) is 4.79 Å². The SMILES string of the molecule is Cc1ccc(NC(=O)COn2cccc(C(=O)O)c2=O)c(C)c1. The van der Waals surface area contributed by atoms with Crippen molar-refractivity contribution >= 4 is 17.6 Å². The summed E-state index contributed by atoms with van der Waals surface area (Å²) in [6.45, 7) is 3.39. The highest BCUT2D eigenvalue weighted by Gasteiger charge is 2.12. The van der Waals surface area contributed by atoms with Gasteiger partial charge in [0.1, 0.15) is 5.56 Å². The largest absolute Gasteiger partial charge is 0.477 e. The minimum Gasteiger partial charge on any atom is -0.477 e. The molecule has 2 rings (SSSR count). The van der Waals surface area contributed by atoms with Crippen LogP contribution >= 0.6 is 0 Å². The topological polar surface area (TPSA) is 97.6 Å². The Bertz CT molecular complexity index is 810. The lowest BCUT2D eigenvalue weighted by Crippen LogP contribution is -2.34. The number of nitrogens with one attached hydrogen (secondary N) is 1. The molecule has 0 fully saturated rings. The van der Waals surface area contributed by atoms with Crippen LogP contribution in [0.2, 0.25) is 0 Å². The summed E-state index contributed by atoms with van der Waals surface area (Å²) in [7, 11) is 0. The van der Waals surface area contributed by atoms with Gasteiger partial charge in [-0.3, -0.25) is 9.59 Å². The molecule has 0 aliphatic rings. The molecule has 0 aliphatic heterocycles. The number of nitrogens with zero attached hydrogens (tertiary/aromatic N) is 1. The van der Waals surface area contributed by atoms with Crippen molar-refractivity contribution in [3.8, 4) is 0 Å². The van der Waals surface area contributed by atoms with Crippen LogP contribution in [0, 0.1) is 13.8 Å². The number of carboxylic acids is 1. The number of benzene rings is 1. The highest BCUT2D eigenvalue weighted by atomic mass is 16.7. The van der Waals surface area contributed by atoms with Crippen molar-refractivity contribution in [1.29, 1.82) is 0 Å². The Morgan fingerprint density at radius 3 is 2.65 bits per heavy atom. The molecule has 1 aromatic heterocycles. The number of hydrogen-bond donors (Lipinski definition) is 2. The Hall–Kier alpha value is -3.09. The molecule has 7 nitrogen and oxygen atoms in total. The van der Waals surface area contributed by atoms with Crippen LogP contribution in [0.1, 0.15) is 21.5 Å². The number of rotatable bonds is 5. The number of aromatic nitrogens is 1. The maximum atomic E-state index is 11.9. The summed E-state index contributed by atoms with van der Waals surface area (Å²) in [5.74, 6) is -1.81. The third-order valence-electron chi connectivity index (χ3n) is 3.14. The van der Waals surface area contributed by atoms with Crippen LogP contribution in [0.3, 0.4) is 0 Å². The normalized spacial score (nSPS) is 10.2. The van der Waals surface area contributed by atoms with E-state index in [9.17, 15) is 14.4 Å². The molecule has 120 valence electrons. The molecule has 0 unspecified atom stereocenters. The maximum Gasteiger partial charge on any atom is 0.341 e. The van der Waals surface area contributed by atoms with Crippen LogP contribution in [0.15, 0.2) is 41.3 Å². The second kappa shape index (κ2) is 6.78.